The third-order valence-corrected chi connectivity index (χ3v) is 1.13. The first-order valence-corrected chi connectivity index (χ1v) is 2.84. The van der Waals surface area contributed by atoms with Gasteiger partial charge in [-0.05, 0) is 12.5 Å². The Morgan fingerprint density at radius 3 is 3.22 bits per heavy atom. The van der Waals surface area contributed by atoms with Gasteiger partial charge in [-0.3, -0.25) is 10.2 Å². The minimum Gasteiger partial charge on any atom is -0.350 e. The van der Waals surface area contributed by atoms with Crippen molar-refractivity contribution >= 4 is 11.6 Å². The molecule has 0 fully saturated rings. The highest BCUT2D eigenvalue weighted by Gasteiger charge is 2.05. The van der Waals surface area contributed by atoms with Crippen molar-refractivity contribution in [2.24, 2.45) is 0 Å². The third-order valence-electron chi connectivity index (χ3n) is 1.13. The quantitative estimate of drug-likeness (QED) is 0.472. The van der Waals surface area contributed by atoms with E-state index in [9.17, 15) is 4.79 Å². The van der Waals surface area contributed by atoms with Crippen LogP contribution in [0.1, 0.15) is 6.42 Å². The van der Waals surface area contributed by atoms with Crippen LogP contribution in [0.4, 0.5) is 0 Å². The van der Waals surface area contributed by atoms with Gasteiger partial charge in [0.2, 0.25) is 0 Å². The van der Waals surface area contributed by atoms with Gasteiger partial charge in [0, 0.05) is 6.54 Å². The van der Waals surface area contributed by atoms with E-state index in [0.29, 0.717) is 6.54 Å². The van der Waals surface area contributed by atoms with E-state index in [2.05, 4.69) is 5.32 Å². The van der Waals surface area contributed by atoms with E-state index < -0.39 is 0 Å². The number of amides is 1. The lowest BCUT2D eigenvalue weighted by Gasteiger charge is -1.95. The molecule has 1 aliphatic rings. The number of hydrogen-bond donors (Lipinski definition) is 2. The predicted octanol–water partition coefficient (Wildman–Crippen LogP) is 0.0823. The fourth-order valence-corrected chi connectivity index (χ4v) is 0.641. The van der Waals surface area contributed by atoms with Crippen LogP contribution in [0.5, 0.6) is 0 Å². The molecular weight excluding hydrogens is 116 g/mol. The molecule has 9 heavy (non-hydrogen) atoms. The SMILES string of the molecule is N=C1C=CCCNC1=O. The average Bonchev–Trinajstić information content (AvgIpc) is 1.99. The van der Waals surface area contributed by atoms with E-state index in [1.165, 1.54) is 6.08 Å². The molecule has 0 spiro atoms. The first-order valence-electron chi connectivity index (χ1n) is 2.84. The van der Waals surface area contributed by atoms with Crippen molar-refractivity contribution in [2.75, 3.05) is 6.54 Å². The zero-order chi connectivity index (χ0) is 6.69. The Balaban J connectivity index is 2.68. The smallest absolute Gasteiger partial charge is 0.269 e. The Bertz CT molecular complexity index is 172. The fourth-order valence-electron chi connectivity index (χ4n) is 0.641. The monoisotopic (exact) mass is 124 g/mol. The minimum atomic E-state index is -0.274. The summed E-state index contributed by atoms with van der Waals surface area (Å²) in [6.45, 7) is 0.651. The molecule has 3 nitrogen and oxygen atoms in total. The maximum Gasteiger partial charge on any atom is 0.269 e. The molecule has 0 aromatic rings. The van der Waals surface area contributed by atoms with E-state index in [-0.39, 0.29) is 11.6 Å². The highest BCUT2D eigenvalue weighted by Crippen LogP contribution is 1.88. The minimum absolute atomic E-state index is 0.0486. The van der Waals surface area contributed by atoms with Gasteiger partial charge in [0.15, 0.2) is 0 Å². The lowest BCUT2D eigenvalue weighted by atomic mass is 10.3. The molecular formula is C6H8N2O. The zero-order valence-corrected chi connectivity index (χ0v) is 4.98. The average molecular weight is 124 g/mol. The summed E-state index contributed by atoms with van der Waals surface area (Å²) in [7, 11) is 0. The number of carbonyl (C=O) groups is 1. The van der Waals surface area contributed by atoms with Gasteiger partial charge in [-0.25, -0.2) is 0 Å². The van der Waals surface area contributed by atoms with Crippen LogP contribution < -0.4 is 5.32 Å². The summed E-state index contributed by atoms with van der Waals surface area (Å²) in [5.74, 6) is -0.274. The summed E-state index contributed by atoms with van der Waals surface area (Å²) in [6.07, 6.45) is 4.18. The maximum atomic E-state index is 10.6. The molecule has 0 radical (unpaired) electrons. The topological polar surface area (TPSA) is 53.0 Å². The normalized spacial score (nSPS) is 19.1. The lowest BCUT2D eigenvalue weighted by Crippen LogP contribution is -2.28. The highest BCUT2D eigenvalue weighted by atomic mass is 16.1. The zero-order valence-electron chi connectivity index (χ0n) is 4.98. The Labute approximate surface area is 53.3 Å². The van der Waals surface area contributed by atoms with E-state index >= 15 is 0 Å². The van der Waals surface area contributed by atoms with Gasteiger partial charge in [-0.1, -0.05) is 6.08 Å². The van der Waals surface area contributed by atoms with Crippen molar-refractivity contribution in [2.45, 2.75) is 6.42 Å². The van der Waals surface area contributed by atoms with Gasteiger partial charge < -0.3 is 5.32 Å². The second-order valence-electron chi connectivity index (χ2n) is 1.86. The first kappa shape index (κ1) is 6.01. The van der Waals surface area contributed by atoms with E-state index in [1.54, 1.807) is 0 Å². The van der Waals surface area contributed by atoms with Gasteiger partial charge in [0.1, 0.15) is 5.71 Å². The van der Waals surface area contributed by atoms with Crippen molar-refractivity contribution in [1.82, 2.24) is 5.32 Å². The Morgan fingerprint density at radius 2 is 2.44 bits per heavy atom. The lowest BCUT2D eigenvalue weighted by molar-refractivity contribution is -0.114. The van der Waals surface area contributed by atoms with Crippen molar-refractivity contribution in [1.29, 1.82) is 5.41 Å². The van der Waals surface area contributed by atoms with Gasteiger partial charge >= 0.3 is 0 Å². The summed E-state index contributed by atoms with van der Waals surface area (Å²) in [6, 6.07) is 0. The standard InChI is InChI=1S/C6H8N2O/c7-5-3-1-2-4-8-6(5)9/h1,3,7H,2,4H2,(H,8,9). The summed E-state index contributed by atoms with van der Waals surface area (Å²) in [5, 5.41) is 9.60. The number of hydrogen-bond acceptors (Lipinski definition) is 2. The molecule has 1 amide bonds. The molecule has 0 saturated heterocycles. The molecule has 1 heterocycles. The summed E-state index contributed by atoms with van der Waals surface area (Å²) in [4.78, 5) is 10.6. The van der Waals surface area contributed by atoms with Crippen LogP contribution >= 0.6 is 0 Å². The van der Waals surface area contributed by atoms with Crippen molar-refractivity contribution in [3.05, 3.63) is 12.2 Å². The van der Waals surface area contributed by atoms with Crippen LogP contribution in [0.25, 0.3) is 0 Å². The third kappa shape index (κ3) is 1.38. The number of carbonyl (C=O) groups excluding carboxylic acids is 1. The molecule has 2 N–H and O–H groups in total. The van der Waals surface area contributed by atoms with Gasteiger partial charge in [-0.2, -0.15) is 0 Å². The van der Waals surface area contributed by atoms with Crippen LogP contribution in [0.2, 0.25) is 0 Å². The van der Waals surface area contributed by atoms with Gasteiger partial charge in [-0.15, -0.1) is 0 Å². The van der Waals surface area contributed by atoms with Gasteiger partial charge in [0.25, 0.3) is 5.91 Å². The molecule has 0 bridgehead atoms. The van der Waals surface area contributed by atoms with Gasteiger partial charge in [0.05, 0.1) is 0 Å². The molecule has 48 valence electrons. The molecule has 0 saturated carbocycles. The molecule has 0 aromatic heterocycles. The Kier molecular flexibility index (Phi) is 1.63. The van der Waals surface area contributed by atoms with Crippen LogP contribution in [0.15, 0.2) is 12.2 Å². The Hall–Kier alpha value is -1.12. The van der Waals surface area contributed by atoms with Crippen molar-refractivity contribution < 1.29 is 4.79 Å². The molecule has 0 aromatic carbocycles. The molecule has 0 unspecified atom stereocenters. The molecule has 0 atom stereocenters. The highest BCUT2D eigenvalue weighted by molar-refractivity contribution is 6.42. The Morgan fingerprint density at radius 1 is 1.67 bits per heavy atom. The van der Waals surface area contributed by atoms with Crippen LogP contribution in [0.3, 0.4) is 0 Å². The van der Waals surface area contributed by atoms with E-state index in [0.717, 1.165) is 6.42 Å². The molecule has 1 rings (SSSR count). The van der Waals surface area contributed by atoms with Crippen molar-refractivity contribution in [3.63, 3.8) is 0 Å². The van der Waals surface area contributed by atoms with E-state index in [4.69, 9.17) is 5.41 Å². The fraction of sp³-hybridized carbons (Fsp3) is 0.333. The molecule has 3 heteroatoms. The summed E-state index contributed by atoms with van der Waals surface area (Å²) in [5.41, 5.74) is 0.0486. The first-order chi connectivity index (χ1) is 4.30. The van der Waals surface area contributed by atoms with Crippen LogP contribution in [0, 0.1) is 5.41 Å². The largest absolute Gasteiger partial charge is 0.350 e. The second kappa shape index (κ2) is 2.44. The second-order valence-corrected chi connectivity index (χ2v) is 1.86. The number of nitrogens with one attached hydrogen (secondary N) is 2. The van der Waals surface area contributed by atoms with E-state index in [1.807, 2.05) is 6.08 Å². The summed E-state index contributed by atoms with van der Waals surface area (Å²) < 4.78 is 0. The molecule has 0 aliphatic carbocycles. The predicted molar refractivity (Wildman–Crippen MR) is 34.5 cm³/mol. The molecule has 1 aliphatic heterocycles. The van der Waals surface area contributed by atoms with Crippen molar-refractivity contribution in [3.8, 4) is 0 Å². The van der Waals surface area contributed by atoms with Crippen LogP contribution in [-0.4, -0.2) is 18.2 Å². The summed E-state index contributed by atoms with van der Waals surface area (Å²) >= 11 is 0. The number of rotatable bonds is 0. The maximum absolute atomic E-state index is 10.6. The van der Waals surface area contributed by atoms with Crippen LogP contribution in [-0.2, 0) is 4.79 Å².